The minimum Gasteiger partial charge on any atom is -0.246 e. The van der Waals surface area contributed by atoms with Gasteiger partial charge in [0.25, 0.3) is 0 Å². The highest BCUT2D eigenvalue weighted by atomic mass is 79.9. The lowest BCUT2D eigenvalue weighted by molar-refractivity contribution is 0.613. The molecule has 0 saturated carbocycles. The first-order valence-electron chi connectivity index (χ1n) is 2.90. The SMILES string of the molecule is [2H]c1cc(F)c(Br)nc1[2H]. The molecule has 1 aromatic rings. The van der Waals surface area contributed by atoms with Crippen molar-refractivity contribution in [2.24, 2.45) is 0 Å². The van der Waals surface area contributed by atoms with E-state index >= 15 is 0 Å². The molecule has 0 fully saturated rings. The van der Waals surface area contributed by atoms with Gasteiger partial charge in [0.2, 0.25) is 0 Å². The molecule has 1 aromatic heterocycles. The molecule has 0 aliphatic heterocycles. The van der Waals surface area contributed by atoms with E-state index in [1.807, 2.05) is 0 Å². The minimum atomic E-state index is -0.610. The number of rotatable bonds is 0. The van der Waals surface area contributed by atoms with E-state index in [2.05, 4.69) is 20.9 Å². The maximum atomic E-state index is 12.4. The monoisotopic (exact) mass is 177 g/mol. The Hall–Kier alpha value is -0.440. The third kappa shape index (κ3) is 1.04. The largest absolute Gasteiger partial charge is 0.246 e. The highest BCUT2D eigenvalue weighted by Gasteiger charge is 1.92. The summed E-state index contributed by atoms with van der Waals surface area (Å²) in [5.74, 6) is -0.610. The van der Waals surface area contributed by atoms with Crippen LogP contribution in [-0.4, -0.2) is 4.98 Å². The van der Waals surface area contributed by atoms with Crippen LogP contribution in [0.25, 0.3) is 0 Å². The first kappa shape index (κ1) is 3.56. The Labute approximate surface area is 57.5 Å². The maximum absolute atomic E-state index is 12.4. The normalized spacial score (nSPS) is 12.8. The number of pyridine rings is 1. The van der Waals surface area contributed by atoms with Crippen molar-refractivity contribution in [2.75, 3.05) is 0 Å². The second-order valence-electron chi connectivity index (χ2n) is 1.15. The van der Waals surface area contributed by atoms with Crippen LogP contribution in [0.1, 0.15) is 2.74 Å². The third-order valence-electron chi connectivity index (χ3n) is 0.615. The Morgan fingerprint density at radius 2 is 2.62 bits per heavy atom. The van der Waals surface area contributed by atoms with Crippen molar-refractivity contribution < 1.29 is 7.13 Å². The van der Waals surface area contributed by atoms with Crippen LogP contribution in [0.2, 0.25) is 0 Å². The van der Waals surface area contributed by atoms with E-state index in [1.165, 1.54) is 0 Å². The van der Waals surface area contributed by atoms with Gasteiger partial charge < -0.3 is 0 Å². The Balaban J connectivity index is 3.28. The van der Waals surface area contributed by atoms with E-state index < -0.39 is 5.82 Å². The van der Waals surface area contributed by atoms with Crippen molar-refractivity contribution in [3.63, 3.8) is 0 Å². The molecule has 0 atom stereocenters. The van der Waals surface area contributed by atoms with Crippen LogP contribution < -0.4 is 0 Å². The lowest BCUT2D eigenvalue weighted by atomic mass is 10.5. The van der Waals surface area contributed by atoms with Crippen molar-refractivity contribution in [3.05, 3.63) is 28.7 Å². The summed E-state index contributed by atoms with van der Waals surface area (Å²) in [6, 6.07) is 0.736. The van der Waals surface area contributed by atoms with Crippen LogP contribution in [0.4, 0.5) is 4.39 Å². The van der Waals surface area contributed by atoms with Crippen LogP contribution >= 0.6 is 15.9 Å². The Bertz CT molecular complexity index is 216. The number of hydrogen-bond acceptors (Lipinski definition) is 1. The molecule has 0 spiro atoms. The zero-order valence-electron chi connectivity index (χ0n) is 5.78. The molecule has 0 unspecified atom stereocenters. The number of halogens is 2. The van der Waals surface area contributed by atoms with Crippen LogP contribution in [0.5, 0.6) is 0 Å². The fourth-order valence-electron chi connectivity index (χ4n) is 0.290. The molecule has 0 aliphatic carbocycles. The molecular weight excluding hydrogens is 173 g/mol. The summed E-state index contributed by atoms with van der Waals surface area (Å²) >= 11 is 2.79. The van der Waals surface area contributed by atoms with E-state index in [-0.39, 0.29) is 16.8 Å². The van der Waals surface area contributed by atoms with E-state index in [0.29, 0.717) is 0 Å². The van der Waals surface area contributed by atoms with Crippen LogP contribution in [0.3, 0.4) is 0 Å². The van der Waals surface area contributed by atoms with Crippen molar-refractivity contribution >= 4 is 15.9 Å². The highest BCUT2D eigenvalue weighted by molar-refractivity contribution is 9.10. The molecule has 8 heavy (non-hydrogen) atoms. The smallest absolute Gasteiger partial charge is 0.155 e. The highest BCUT2D eigenvalue weighted by Crippen LogP contribution is 2.08. The van der Waals surface area contributed by atoms with Crippen molar-refractivity contribution in [1.82, 2.24) is 4.98 Å². The molecule has 0 saturated heterocycles. The van der Waals surface area contributed by atoms with Gasteiger partial charge in [0.15, 0.2) is 5.82 Å². The lowest BCUT2D eigenvalue weighted by Gasteiger charge is -1.86. The summed E-state index contributed by atoms with van der Waals surface area (Å²) in [5.41, 5.74) is 0. The predicted molar refractivity (Wildman–Crippen MR) is 31.9 cm³/mol. The lowest BCUT2D eigenvalue weighted by Crippen LogP contribution is -1.77. The third-order valence-corrected chi connectivity index (χ3v) is 1.17. The van der Waals surface area contributed by atoms with E-state index in [1.54, 1.807) is 0 Å². The minimum absolute atomic E-state index is 0.0199. The molecule has 0 aromatic carbocycles. The second-order valence-corrected chi connectivity index (χ2v) is 1.90. The average Bonchev–Trinajstić information content (AvgIpc) is 1.84. The zero-order valence-corrected chi connectivity index (χ0v) is 5.37. The van der Waals surface area contributed by atoms with Gasteiger partial charge in [0, 0.05) is 6.17 Å². The fraction of sp³-hybridized carbons (Fsp3) is 0. The molecule has 0 amide bonds. The van der Waals surface area contributed by atoms with Gasteiger partial charge in [-0.3, -0.25) is 0 Å². The standard InChI is InChI=1S/C5H3BrFN/c6-5-4(7)2-1-3-8-5/h1-3H/i1D,3D. The second kappa shape index (κ2) is 2.22. The summed E-state index contributed by atoms with van der Waals surface area (Å²) in [4.78, 5) is 3.39. The predicted octanol–water partition coefficient (Wildman–Crippen LogP) is 1.98. The first-order valence-corrected chi connectivity index (χ1v) is 2.70. The van der Waals surface area contributed by atoms with Gasteiger partial charge in [-0.25, -0.2) is 9.37 Å². The van der Waals surface area contributed by atoms with Gasteiger partial charge >= 0.3 is 0 Å². The van der Waals surface area contributed by atoms with Crippen LogP contribution in [0.15, 0.2) is 22.9 Å². The molecule has 0 radical (unpaired) electrons. The molecule has 0 aliphatic rings. The number of hydrogen-bond donors (Lipinski definition) is 0. The van der Waals surface area contributed by atoms with Gasteiger partial charge in [0.1, 0.15) is 4.60 Å². The maximum Gasteiger partial charge on any atom is 0.155 e. The molecule has 1 nitrogen and oxygen atoms in total. The Kier molecular flexibility index (Phi) is 0.987. The van der Waals surface area contributed by atoms with Crippen molar-refractivity contribution in [1.29, 1.82) is 0 Å². The van der Waals surface area contributed by atoms with Crippen molar-refractivity contribution in [2.45, 2.75) is 0 Å². The molecule has 1 rings (SSSR count). The topological polar surface area (TPSA) is 12.9 Å². The molecular formula is C5H3BrFN. The van der Waals surface area contributed by atoms with Gasteiger partial charge in [0.05, 0.1) is 2.74 Å². The molecule has 0 N–H and O–H groups in total. The van der Waals surface area contributed by atoms with E-state index in [9.17, 15) is 4.39 Å². The van der Waals surface area contributed by atoms with Gasteiger partial charge in [-0.15, -0.1) is 0 Å². The van der Waals surface area contributed by atoms with E-state index in [4.69, 9.17) is 2.74 Å². The average molecular weight is 178 g/mol. The van der Waals surface area contributed by atoms with E-state index in [0.717, 1.165) is 6.07 Å². The van der Waals surface area contributed by atoms with Gasteiger partial charge in [-0.2, -0.15) is 0 Å². The molecule has 42 valence electrons. The zero-order chi connectivity index (χ0) is 7.72. The van der Waals surface area contributed by atoms with Gasteiger partial charge in [-0.05, 0) is 28.0 Å². The number of aromatic nitrogens is 1. The molecule has 0 bridgehead atoms. The summed E-state index contributed by atoms with van der Waals surface area (Å²) < 4.78 is 26.3. The molecule has 1 heterocycles. The Morgan fingerprint density at radius 3 is 3.25 bits per heavy atom. The van der Waals surface area contributed by atoms with Crippen LogP contribution in [-0.2, 0) is 0 Å². The van der Waals surface area contributed by atoms with Crippen molar-refractivity contribution in [3.8, 4) is 0 Å². The quantitative estimate of drug-likeness (QED) is 0.553. The summed E-state index contributed by atoms with van der Waals surface area (Å²) in [6.45, 7) is 0. The fourth-order valence-corrected chi connectivity index (χ4v) is 0.493. The number of nitrogens with zero attached hydrogens (tertiary/aromatic N) is 1. The molecule has 3 heteroatoms. The Morgan fingerprint density at radius 1 is 1.88 bits per heavy atom. The first-order chi connectivity index (χ1) is 4.61. The summed E-state index contributed by atoms with van der Waals surface area (Å²) in [6.07, 6.45) is -0.228. The summed E-state index contributed by atoms with van der Waals surface area (Å²) in [5, 5.41) is 0. The van der Waals surface area contributed by atoms with Gasteiger partial charge in [-0.1, -0.05) is 0 Å². The van der Waals surface area contributed by atoms with Crippen LogP contribution in [0, 0.1) is 5.82 Å². The summed E-state index contributed by atoms with van der Waals surface area (Å²) in [7, 11) is 0.